The number of anilines is 1. The molecule has 1 amide bonds. The predicted molar refractivity (Wildman–Crippen MR) is 122 cm³/mol. The Balaban J connectivity index is 1.40. The van der Waals surface area contributed by atoms with Crippen LogP contribution in [0.1, 0.15) is 21.5 Å². The SMILES string of the molecule is COc1cc(CNC(=O)c2cccnc2N2CCOCC2)ccc1OCc1ccccc1. The molecule has 1 N–H and O–H groups in total. The molecule has 32 heavy (non-hydrogen) atoms. The van der Waals surface area contributed by atoms with Gasteiger partial charge in [-0.25, -0.2) is 4.98 Å². The lowest BCUT2D eigenvalue weighted by Gasteiger charge is -2.29. The number of rotatable bonds is 8. The first kappa shape index (κ1) is 21.6. The fourth-order valence-electron chi connectivity index (χ4n) is 3.56. The van der Waals surface area contributed by atoms with Gasteiger partial charge in [0.1, 0.15) is 12.4 Å². The van der Waals surface area contributed by atoms with Crippen LogP contribution in [0.3, 0.4) is 0 Å². The summed E-state index contributed by atoms with van der Waals surface area (Å²) < 4.78 is 16.8. The zero-order valence-corrected chi connectivity index (χ0v) is 18.1. The topological polar surface area (TPSA) is 72.9 Å². The van der Waals surface area contributed by atoms with Crippen molar-refractivity contribution in [1.82, 2.24) is 10.3 Å². The van der Waals surface area contributed by atoms with E-state index < -0.39 is 0 Å². The molecule has 0 atom stereocenters. The average molecular weight is 434 g/mol. The van der Waals surface area contributed by atoms with Gasteiger partial charge in [0.05, 0.1) is 25.9 Å². The third kappa shape index (κ3) is 5.36. The van der Waals surface area contributed by atoms with E-state index in [1.54, 1.807) is 25.4 Å². The van der Waals surface area contributed by atoms with E-state index in [0.29, 0.717) is 49.2 Å². The summed E-state index contributed by atoms with van der Waals surface area (Å²) in [4.78, 5) is 19.4. The van der Waals surface area contributed by atoms with Gasteiger partial charge in [-0.05, 0) is 35.4 Å². The molecule has 3 aromatic rings. The van der Waals surface area contributed by atoms with Crippen LogP contribution in [0, 0.1) is 0 Å². The monoisotopic (exact) mass is 433 g/mol. The van der Waals surface area contributed by atoms with Crippen molar-refractivity contribution in [2.75, 3.05) is 38.3 Å². The summed E-state index contributed by atoms with van der Waals surface area (Å²) in [6.07, 6.45) is 1.71. The van der Waals surface area contributed by atoms with E-state index in [1.807, 2.05) is 48.5 Å². The van der Waals surface area contributed by atoms with Crippen LogP contribution in [0.2, 0.25) is 0 Å². The van der Waals surface area contributed by atoms with Crippen molar-refractivity contribution in [3.8, 4) is 11.5 Å². The van der Waals surface area contributed by atoms with Gasteiger partial charge in [0, 0.05) is 25.8 Å². The van der Waals surface area contributed by atoms with Gasteiger partial charge in [0.15, 0.2) is 11.5 Å². The quantitative estimate of drug-likeness (QED) is 0.587. The highest BCUT2D eigenvalue weighted by atomic mass is 16.5. The molecule has 1 saturated heterocycles. The van der Waals surface area contributed by atoms with Crippen LogP contribution >= 0.6 is 0 Å². The second-order valence-electron chi connectivity index (χ2n) is 7.42. The number of nitrogens with one attached hydrogen (secondary N) is 1. The molecule has 0 unspecified atom stereocenters. The number of aromatic nitrogens is 1. The largest absolute Gasteiger partial charge is 0.493 e. The summed E-state index contributed by atoms with van der Waals surface area (Å²) in [5, 5.41) is 2.99. The van der Waals surface area contributed by atoms with Gasteiger partial charge in [-0.2, -0.15) is 0 Å². The smallest absolute Gasteiger partial charge is 0.255 e. The average Bonchev–Trinajstić information content (AvgIpc) is 2.87. The Morgan fingerprint density at radius 3 is 2.62 bits per heavy atom. The van der Waals surface area contributed by atoms with Crippen molar-refractivity contribution in [2.24, 2.45) is 0 Å². The summed E-state index contributed by atoms with van der Waals surface area (Å²) in [6.45, 7) is 3.54. The number of benzene rings is 2. The van der Waals surface area contributed by atoms with Gasteiger partial charge in [-0.3, -0.25) is 4.79 Å². The lowest BCUT2D eigenvalue weighted by Crippen LogP contribution is -2.38. The number of hydrogen-bond acceptors (Lipinski definition) is 6. The number of ether oxygens (including phenoxy) is 3. The second-order valence-corrected chi connectivity index (χ2v) is 7.42. The molecule has 2 aromatic carbocycles. The van der Waals surface area contributed by atoms with E-state index in [2.05, 4.69) is 15.2 Å². The van der Waals surface area contributed by atoms with Crippen LogP contribution in [0.15, 0.2) is 66.9 Å². The Bertz CT molecular complexity index is 1040. The lowest BCUT2D eigenvalue weighted by molar-refractivity contribution is 0.0949. The minimum Gasteiger partial charge on any atom is -0.493 e. The molecular formula is C25H27N3O4. The predicted octanol–water partition coefficient (Wildman–Crippen LogP) is 3.44. The van der Waals surface area contributed by atoms with Gasteiger partial charge >= 0.3 is 0 Å². The van der Waals surface area contributed by atoms with Gasteiger partial charge in [0.2, 0.25) is 0 Å². The number of hydrogen-bond donors (Lipinski definition) is 1. The lowest BCUT2D eigenvalue weighted by atomic mass is 10.1. The Morgan fingerprint density at radius 1 is 1.03 bits per heavy atom. The van der Waals surface area contributed by atoms with Crippen LogP contribution in [0.25, 0.3) is 0 Å². The summed E-state index contributed by atoms with van der Waals surface area (Å²) in [7, 11) is 1.61. The van der Waals surface area contributed by atoms with Crippen LogP contribution in [0.4, 0.5) is 5.82 Å². The first-order valence-electron chi connectivity index (χ1n) is 10.6. The van der Waals surface area contributed by atoms with Crippen LogP contribution in [-0.4, -0.2) is 44.3 Å². The first-order chi connectivity index (χ1) is 15.7. The van der Waals surface area contributed by atoms with Gasteiger partial charge in [-0.1, -0.05) is 36.4 Å². The maximum Gasteiger partial charge on any atom is 0.255 e. The van der Waals surface area contributed by atoms with E-state index >= 15 is 0 Å². The van der Waals surface area contributed by atoms with E-state index in [-0.39, 0.29) is 5.91 Å². The summed E-state index contributed by atoms with van der Waals surface area (Å²) >= 11 is 0. The van der Waals surface area contributed by atoms with Crippen LogP contribution in [-0.2, 0) is 17.9 Å². The second kappa shape index (κ2) is 10.6. The normalized spacial score (nSPS) is 13.5. The number of carbonyl (C=O) groups excluding carboxylic acids is 1. The zero-order chi connectivity index (χ0) is 22.2. The van der Waals surface area contributed by atoms with Gasteiger partial charge in [0.25, 0.3) is 5.91 Å². The molecule has 1 aliphatic heterocycles. The van der Waals surface area contributed by atoms with Crippen molar-refractivity contribution in [3.05, 3.63) is 83.6 Å². The molecule has 1 aromatic heterocycles. The highest BCUT2D eigenvalue weighted by Gasteiger charge is 2.19. The third-order valence-corrected chi connectivity index (χ3v) is 5.26. The number of carbonyl (C=O) groups is 1. The molecule has 0 aliphatic carbocycles. The fraction of sp³-hybridized carbons (Fsp3) is 0.280. The van der Waals surface area contributed by atoms with E-state index in [0.717, 1.165) is 24.2 Å². The molecule has 7 heteroatoms. The van der Waals surface area contributed by atoms with Gasteiger partial charge < -0.3 is 24.4 Å². The van der Waals surface area contributed by atoms with Crippen LogP contribution in [0.5, 0.6) is 11.5 Å². The molecule has 166 valence electrons. The third-order valence-electron chi connectivity index (χ3n) is 5.26. The van der Waals surface area contributed by atoms with Crippen molar-refractivity contribution < 1.29 is 19.0 Å². The summed E-state index contributed by atoms with van der Waals surface area (Å²) in [6, 6.07) is 19.2. The van der Waals surface area contributed by atoms with Crippen molar-refractivity contribution >= 4 is 11.7 Å². The Hall–Kier alpha value is -3.58. The Morgan fingerprint density at radius 2 is 1.84 bits per heavy atom. The van der Waals surface area contributed by atoms with Crippen molar-refractivity contribution in [3.63, 3.8) is 0 Å². The van der Waals surface area contributed by atoms with Gasteiger partial charge in [-0.15, -0.1) is 0 Å². The first-order valence-corrected chi connectivity index (χ1v) is 10.6. The summed E-state index contributed by atoms with van der Waals surface area (Å²) in [5.74, 6) is 1.81. The van der Waals surface area contributed by atoms with Crippen LogP contribution < -0.4 is 19.7 Å². The molecule has 0 spiro atoms. The molecule has 1 fully saturated rings. The Kier molecular flexibility index (Phi) is 7.19. The number of amides is 1. The fourth-order valence-corrected chi connectivity index (χ4v) is 3.56. The maximum absolute atomic E-state index is 12.9. The van der Waals surface area contributed by atoms with Crippen molar-refractivity contribution in [1.29, 1.82) is 0 Å². The minimum absolute atomic E-state index is 0.164. The number of methoxy groups -OCH3 is 1. The number of pyridine rings is 1. The van der Waals surface area contributed by atoms with E-state index in [4.69, 9.17) is 14.2 Å². The summed E-state index contributed by atoms with van der Waals surface area (Å²) in [5.41, 5.74) is 2.56. The molecule has 0 bridgehead atoms. The van der Waals surface area contributed by atoms with Crippen molar-refractivity contribution in [2.45, 2.75) is 13.2 Å². The minimum atomic E-state index is -0.164. The number of morpholine rings is 1. The molecular weight excluding hydrogens is 406 g/mol. The zero-order valence-electron chi connectivity index (χ0n) is 18.1. The molecule has 7 nitrogen and oxygen atoms in total. The molecule has 0 radical (unpaired) electrons. The standard InChI is InChI=1S/C25H27N3O4/c1-30-23-16-20(9-10-22(23)32-18-19-6-3-2-4-7-19)17-27-25(29)21-8-5-11-26-24(21)28-12-14-31-15-13-28/h2-11,16H,12-15,17-18H2,1H3,(H,27,29). The van der Waals surface area contributed by atoms with E-state index in [9.17, 15) is 4.79 Å². The molecule has 2 heterocycles. The highest BCUT2D eigenvalue weighted by molar-refractivity contribution is 5.98. The maximum atomic E-state index is 12.9. The molecule has 4 rings (SSSR count). The van der Waals surface area contributed by atoms with E-state index in [1.165, 1.54) is 0 Å². The molecule has 0 saturated carbocycles. The Labute approximate surface area is 187 Å². The molecule has 1 aliphatic rings. The number of nitrogens with zero attached hydrogens (tertiary/aromatic N) is 2. The highest BCUT2D eigenvalue weighted by Crippen LogP contribution is 2.29.